The molecule has 2 unspecified atom stereocenters. The van der Waals surface area contributed by atoms with Crippen LogP contribution in [0.5, 0.6) is 0 Å². The molecule has 0 amide bonds. The van der Waals surface area contributed by atoms with Gasteiger partial charge in [0.2, 0.25) is 0 Å². The van der Waals surface area contributed by atoms with E-state index in [1.807, 2.05) is 37.3 Å². The first-order valence-corrected chi connectivity index (χ1v) is 15.3. The first-order chi connectivity index (χ1) is 19.5. The molecular formula is C33H37ClFN5. The highest BCUT2D eigenvalue weighted by atomic mass is 35.5. The van der Waals surface area contributed by atoms with Crippen LogP contribution in [-0.4, -0.2) is 59.7 Å². The van der Waals surface area contributed by atoms with Crippen molar-refractivity contribution in [2.24, 2.45) is 0 Å². The minimum Gasteiger partial charge on any atom is -0.353 e. The Kier molecular flexibility index (Phi) is 7.11. The van der Waals surface area contributed by atoms with E-state index in [1.54, 1.807) is 0 Å². The molecule has 5 nitrogen and oxygen atoms in total. The number of benzene rings is 3. The average molecular weight is 558 g/mol. The van der Waals surface area contributed by atoms with Crippen LogP contribution >= 0.6 is 11.6 Å². The van der Waals surface area contributed by atoms with Crippen LogP contribution in [0.25, 0.3) is 32.8 Å². The second kappa shape index (κ2) is 10.9. The number of rotatable bonds is 6. The van der Waals surface area contributed by atoms with Crippen LogP contribution in [0.4, 0.5) is 10.2 Å². The van der Waals surface area contributed by atoms with Gasteiger partial charge in [-0.05, 0) is 86.6 Å². The Morgan fingerprint density at radius 1 is 0.975 bits per heavy atom. The molecule has 2 bridgehead atoms. The summed E-state index contributed by atoms with van der Waals surface area (Å²) in [5, 5.41) is 6.89. The molecule has 2 atom stereocenters. The predicted molar refractivity (Wildman–Crippen MR) is 163 cm³/mol. The molecule has 4 aromatic rings. The molecule has 4 heterocycles. The summed E-state index contributed by atoms with van der Waals surface area (Å²) >= 11 is 6.95. The number of nitrogens with zero attached hydrogens (tertiary/aromatic N) is 4. The standard InChI is InChI=1S/C33H37ClFN5/c1-21-16-22-8-3-4-9-25(22)26(17-21)30-28(34)18-27-32(31(30)35)37-29(10-7-15-39-13-5-2-6-14-39)38-33(27)40-19-23-11-12-24(20-40)36-23/h3-4,8-9,16-18,23-24,36H,2,5-7,10-15,19-20H2,1H3. The number of nitrogens with one attached hydrogen (secondary N) is 1. The summed E-state index contributed by atoms with van der Waals surface area (Å²) in [6.07, 6.45) is 7.96. The van der Waals surface area contributed by atoms with E-state index in [-0.39, 0.29) is 5.82 Å². The molecule has 1 aromatic heterocycles. The summed E-state index contributed by atoms with van der Waals surface area (Å²) in [6.45, 7) is 7.18. The molecular weight excluding hydrogens is 521 g/mol. The second-order valence-electron chi connectivity index (χ2n) is 12.0. The molecule has 3 saturated heterocycles. The van der Waals surface area contributed by atoms with Crippen LogP contribution in [-0.2, 0) is 6.42 Å². The zero-order valence-electron chi connectivity index (χ0n) is 23.2. The molecule has 3 fully saturated rings. The molecule has 0 radical (unpaired) electrons. The van der Waals surface area contributed by atoms with Crippen LogP contribution in [0.3, 0.4) is 0 Å². The fourth-order valence-corrected chi connectivity index (χ4v) is 7.40. The highest BCUT2D eigenvalue weighted by molar-refractivity contribution is 6.35. The number of halogens is 2. The van der Waals surface area contributed by atoms with Gasteiger partial charge in [-0.1, -0.05) is 54.4 Å². The van der Waals surface area contributed by atoms with Crippen LogP contribution in [0.2, 0.25) is 5.02 Å². The van der Waals surface area contributed by atoms with E-state index >= 15 is 4.39 Å². The first-order valence-electron chi connectivity index (χ1n) is 15.0. The summed E-state index contributed by atoms with van der Waals surface area (Å²) in [6, 6.07) is 15.1. The minimum atomic E-state index is -0.350. The number of likely N-dealkylation sites (tertiary alicyclic amines) is 1. The van der Waals surface area contributed by atoms with E-state index in [0.717, 1.165) is 66.0 Å². The third kappa shape index (κ3) is 4.95. The predicted octanol–water partition coefficient (Wildman–Crippen LogP) is 6.91. The number of anilines is 1. The largest absolute Gasteiger partial charge is 0.353 e. The number of hydrogen-bond acceptors (Lipinski definition) is 5. The molecule has 0 saturated carbocycles. The van der Waals surface area contributed by atoms with Gasteiger partial charge in [-0.15, -0.1) is 0 Å². The SMILES string of the molecule is Cc1cc(-c2c(Cl)cc3c(N4CC5CCC(C4)N5)nc(CCCN4CCCCC4)nc3c2F)c2ccccc2c1. The van der Waals surface area contributed by atoms with Gasteiger partial charge in [0.25, 0.3) is 0 Å². The van der Waals surface area contributed by atoms with Crippen molar-refractivity contribution in [3.8, 4) is 11.1 Å². The smallest absolute Gasteiger partial charge is 0.158 e. The fourth-order valence-electron chi connectivity index (χ4n) is 7.11. The van der Waals surface area contributed by atoms with E-state index in [4.69, 9.17) is 21.6 Å². The maximum Gasteiger partial charge on any atom is 0.158 e. The maximum absolute atomic E-state index is 16.8. The van der Waals surface area contributed by atoms with Crippen molar-refractivity contribution < 1.29 is 4.39 Å². The zero-order chi connectivity index (χ0) is 27.2. The highest BCUT2D eigenvalue weighted by Gasteiger charge is 2.34. The lowest BCUT2D eigenvalue weighted by molar-refractivity contribution is 0.226. The van der Waals surface area contributed by atoms with Crippen molar-refractivity contribution in [2.45, 2.75) is 64.0 Å². The molecule has 3 aromatic carbocycles. The monoisotopic (exact) mass is 557 g/mol. The number of hydrogen-bond donors (Lipinski definition) is 1. The third-order valence-electron chi connectivity index (χ3n) is 9.02. The zero-order valence-corrected chi connectivity index (χ0v) is 24.0. The van der Waals surface area contributed by atoms with Gasteiger partial charge < -0.3 is 15.1 Å². The number of piperidine rings is 1. The first kappa shape index (κ1) is 26.1. The van der Waals surface area contributed by atoms with Gasteiger partial charge in [0.05, 0.1) is 5.02 Å². The lowest BCUT2D eigenvalue weighted by Gasteiger charge is -2.34. The van der Waals surface area contributed by atoms with Gasteiger partial charge in [0.15, 0.2) is 5.82 Å². The number of aryl methyl sites for hydroxylation is 2. The molecule has 208 valence electrons. The highest BCUT2D eigenvalue weighted by Crippen LogP contribution is 2.41. The van der Waals surface area contributed by atoms with Crippen molar-refractivity contribution in [2.75, 3.05) is 37.6 Å². The molecule has 7 heteroatoms. The van der Waals surface area contributed by atoms with E-state index in [2.05, 4.69) is 27.2 Å². The number of fused-ring (bicyclic) bond motifs is 4. The van der Waals surface area contributed by atoms with E-state index in [1.165, 1.54) is 45.2 Å². The van der Waals surface area contributed by atoms with Gasteiger partial charge >= 0.3 is 0 Å². The normalized spacial score (nSPS) is 21.5. The molecule has 3 aliphatic heterocycles. The van der Waals surface area contributed by atoms with Crippen molar-refractivity contribution in [3.05, 3.63) is 64.7 Å². The topological polar surface area (TPSA) is 44.3 Å². The number of piperazine rings is 1. The summed E-state index contributed by atoms with van der Waals surface area (Å²) in [5.74, 6) is 1.21. The lowest BCUT2D eigenvalue weighted by atomic mass is 9.94. The van der Waals surface area contributed by atoms with Crippen molar-refractivity contribution in [1.82, 2.24) is 20.2 Å². The summed E-state index contributed by atoms with van der Waals surface area (Å²) in [5.41, 5.74) is 2.70. The minimum absolute atomic E-state index is 0.350. The van der Waals surface area contributed by atoms with Gasteiger partial charge in [0, 0.05) is 42.5 Å². The average Bonchev–Trinajstić information content (AvgIpc) is 3.30. The van der Waals surface area contributed by atoms with Gasteiger partial charge in [-0.3, -0.25) is 0 Å². The Labute approximate surface area is 240 Å². The molecule has 3 aliphatic rings. The quantitative estimate of drug-likeness (QED) is 0.279. The molecule has 0 aliphatic carbocycles. The Morgan fingerprint density at radius 3 is 2.55 bits per heavy atom. The number of aromatic nitrogens is 2. The van der Waals surface area contributed by atoms with Crippen LogP contribution in [0, 0.1) is 12.7 Å². The summed E-state index contributed by atoms with van der Waals surface area (Å²) in [4.78, 5) is 14.9. The summed E-state index contributed by atoms with van der Waals surface area (Å²) < 4.78 is 16.8. The molecule has 40 heavy (non-hydrogen) atoms. The van der Waals surface area contributed by atoms with Crippen LogP contribution < -0.4 is 10.2 Å². The van der Waals surface area contributed by atoms with Crippen molar-refractivity contribution in [1.29, 1.82) is 0 Å². The second-order valence-corrected chi connectivity index (χ2v) is 12.4. The van der Waals surface area contributed by atoms with Gasteiger partial charge in [-0.25, -0.2) is 14.4 Å². The molecule has 7 rings (SSSR count). The van der Waals surface area contributed by atoms with Gasteiger partial charge in [-0.2, -0.15) is 0 Å². The Balaban J connectivity index is 1.33. The molecule has 1 N–H and O–H groups in total. The lowest BCUT2D eigenvalue weighted by Crippen LogP contribution is -2.51. The van der Waals surface area contributed by atoms with Crippen LogP contribution in [0.15, 0.2) is 42.5 Å². The van der Waals surface area contributed by atoms with E-state index < -0.39 is 0 Å². The van der Waals surface area contributed by atoms with Crippen molar-refractivity contribution in [3.63, 3.8) is 0 Å². The fraction of sp³-hybridized carbons (Fsp3) is 0.455. The Morgan fingerprint density at radius 2 is 1.75 bits per heavy atom. The maximum atomic E-state index is 16.8. The Bertz CT molecular complexity index is 1550. The third-order valence-corrected chi connectivity index (χ3v) is 9.32. The van der Waals surface area contributed by atoms with Crippen LogP contribution in [0.1, 0.15) is 49.9 Å². The van der Waals surface area contributed by atoms with Crippen molar-refractivity contribution >= 4 is 39.1 Å². The Hall–Kier alpha value is -2.80. The van der Waals surface area contributed by atoms with E-state index in [0.29, 0.717) is 33.6 Å². The molecule has 0 spiro atoms. The van der Waals surface area contributed by atoms with Gasteiger partial charge in [0.1, 0.15) is 17.2 Å². The summed E-state index contributed by atoms with van der Waals surface area (Å²) in [7, 11) is 0. The van der Waals surface area contributed by atoms with E-state index in [9.17, 15) is 0 Å².